The van der Waals surface area contributed by atoms with Crippen molar-refractivity contribution in [2.24, 2.45) is 0 Å². The first-order valence-electron chi connectivity index (χ1n) is 8.51. The molecule has 0 saturated carbocycles. The van der Waals surface area contributed by atoms with Gasteiger partial charge in [0.05, 0.1) is 10.5 Å². The predicted molar refractivity (Wildman–Crippen MR) is 88.2 cm³/mol. The highest BCUT2D eigenvalue weighted by atomic mass is 19.1. The van der Waals surface area contributed by atoms with Crippen molar-refractivity contribution >= 4 is 0 Å². The van der Waals surface area contributed by atoms with Crippen molar-refractivity contribution < 1.29 is 9.31 Å². The van der Waals surface area contributed by atoms with E-state index in [1.165, 1.54) is 63.5 Å². The van der Waals surface area contributed by atoms with E-state index in [4.69, 9.17) is 0 Å². The Morgan fingerprint density at radius 3 is 1.95 bits per heavy atom. The van der Waals surface area contributed by atoms with Crippen LogP contribution in [0.5, 0.6) is 0 Å². The van der Waals surface area contributed by atoms with Crippen molar-refractivity contribution in [3.05, 3.63) is 45.5 Å². The van der Waals surface area contributed by atoms with Crippen LogP contribution >= 0.6 is 0 Å². The monoisotopic (exact) mass is 309 g/mol. The SMILES string of the molecule is CCCCCCCCCCCc1ccc(C(F)[N+](=O)[O-])cc1. The van der Waals surface area contributed by atoms with Crippen LogP contribution in [0.1, 0.15) is 82.1 Å². The summed E-state index contributed by atoms with van der Waals surface area (Å²) in [6, 6.07) is 6.65. The molecule has 0 amide bonds. The van der Waals surface area contributed by atoms with E-state index in [2.05, 4.69) is 6.92 Å². The average Bonchev–Trinajstić information content (AvgIpc) is 2.53. The Hall–Kier alpha value is -1.45. The molecule has 1 aromatic rings. The van der Waals surface area contributed by atoms with Gasteiger partial charge in [0.25, 0.3) is 0 Å². The highest BCUT2D eigenvalue weighted by Gasteiger charge is 2.19. The van der Waals surface area contributed by atoms with Gasteiger partial charge in [-0.15, -0.1) is 0 Å². The van der Waals surface area contributed by atoms with Gasteiger partial charge in [0.15, 0.2) is 0 Å². The van der Waals surface area contributed by atoms with E-state index in [-0.39, 0.29) is 5.56 Å². The molecule has 0 bridgehead atoms. The van der Waals surface area contributed by atoms with E-state index < -0.39 is 11.2 Å². The second kappa shape index (κ2) is 11.2. The number of hydrogen-bond acceptors (Lipinski definition) is 2. The first kappa shape index (κ1) is 18.6. The summed E-state index contributed by atoms with van der Waals surface area (Å²) in [7, 11) is 0. The van der Waals surface area contributed by atoms with Crippen LogP contribution < -0.4 is 0 Å². The standard InChI is InChI=1S/C18H28FNO2/c1-2-3-4-5-6-7-8-9-10-11-16-12-14-17(15-13-16)18(19)20(21)22/h12-15,18H,2-11H2,1H3. The first-order valence-corrected chi connectivity index (χ1v) is 8.51. The number of nitro groups is 1. The summed E-state index contributed by atoms with van der Waals surface area (Å²) in [5.74, 6) is 0. The lowest BCUT2D eigenvalue weighted by Crippen LogP contribution is -2.04. The second-order valence-electron chi connectivity index (χ2n) is 5.94. The molecule has 4 heteroatoms. The van der Waals surface area contributed by atoms with Crippen LogP contribution in [0.3, 0.4) is 0 Å². The van der Waals surface area contributed by atoms with Crippen LogP contribution in [0.4, 0.5) is 4.39 Å². The van der Waals surface area contributed by atoms with Crippen LogP contribution in [0, 0.1) is 10.1 Å². The summed E-state index contributed by atoms with van der Waals surface area (Å²) in [4.78, 5) is 9.46. The van der Waals surface area contributed by atoms with Gasteiger partial charge in [-0.3, -0.25) is 10.1 Å². The summed E-state index contributed by atoms with van der Waals surface area (Å²) in [5.41, 5.74) is 1.25. The fourth-order valence-corrected chi connectivity index (χ4v) is 2.60. The van der Waals surface area contributed by atoms with Crippen LogP contribution in [0.2, 0.25) is 0 Å². The number of rotatable bonds is 12. The molecular formula is C18H28FNO2. The van der Waals surface area contributed by atoms with E-state index >= 15 is 0 Å². The molecule has 1 aromatic carbocycles. The Labute approximate surface area is 133 Å². The highest BCUT2D eigenvalue weighted by Crippen LogP contribution is 2.19. The fraction of sp³-hybridized carbons (Fsp3) is 0.667. The molecule has 0 aromatic heterocycles. The van der Waals surface area contributed by atoms with Crippen LogP contribution in [0.15, 0.2) is 24.3 Å². The minimum atomic E-state index is -2.11. The Bertz CT molecular complexity index is 420. The van der Waals surface area contributed by atoms with Gasteiger partial charge in [-0.1, -0.05) is 70.4 Å². The lowest BCUT2D eigenvalue weighted by Gasteiger charge is -2.05. The molecule has 1 atom stereocenters. The largest absolute Gasteiger partial charge is 0.375 e. The molecular weight excluding hydrogens is 281 g/mol. The maximum Gasteiger partial charge on any atom is 0.375 e. The number of alkyl halides is 1. The third-order valence-corrected chi connectivity index (χ3v) is 4.01. The number of hydrogen-bond donors (Lipinski definition) is 0. The summed E-state index contributed by atoms with van der Waals surface area (Å²) < 4.78 is 13.2. The van der Waals surface area contributed by atoms with Crippen molar-refractivity contribution in [1.29, 1.82) is 0 Å². The van der Waals surface area contributed by atoms with Gasteiger partial charge in [0.2, 0.25) is 0 Å². The normalized spacial score (nSPS) is 12.3. The lowest BCUT2D eigenvalue weighted by atomic mass is 10.0. The van der Waals surface area contributed by atoms with Crippen molar-refractivity contribution in [2.75, 3.05) is 0 Å². The van der Waals surface area contributed by atoms with Gasteiger partial charge < -0.3 is 0 Å². The third-order valence-electron chi connectivity index (χ3n) is 4.01. The minimum absolute atomic E-state index is 0.126. The first-order chi connectivity index (χ1) is 10.6. The van der Waals surface area contributed by atoms with Crippen LogP contribution in [0.25, 0.3) is 0 Å². The van der Waals surface area contributed by atoms with Crippen molar-refractivity contribution in [3.8, 4) is 0 Å². The lowest BCUT2D eigenvalue weighted by molar-refractivity contribution is -0.560. The summed E-state index contributed by atoms with van der Waals surface area (Å²) in [6.07, 6.45) is 10.5. The van der Waals surface area contributed by atoms with Crippen molar-refractivity contribution in [3.63, 3.8) is 0 Å². The van der Waals surface area contributed by atoms with E-state index in [0.717, 1.165) is 18.4 Å². The number of halogens is 1. The number of unbranched alkanes of at least 4 members (excludes halogenated alkanes) is 8. The van der Waals surface area contributed by atoms with Crippen LogP contribution in [-0.2, 0) is 6.42 Å². The molecule has 0 radical (unpaired) electrons. The molecule has 0 N–H and O–H groups in total. The van der Waals surface area contributed by atoms with Gasteiger partial charge in [-0.25, -0.2) is 0 Å². The number of benzene rings is 1. The molecule has 0 aliphatic heterocycles. The molecule has 0 saturated heterocycles. The summed E-state index contributed by atoms with van der Waals surface area (Å²) >= 11 is 0. The van der Waals surface area contributed by atoms with Gasteiger partial charge in [0.1, 0.15) is 0 Å². The Balaban J connectivity index is 2.11. The quantitative estimate of drug-likeness (QED) is 0.205. The molecule has 0 aliphatic carbocycles. The minimum Gasteiger partial charge on any atom is -0.261 e. The molecule has 124 valence electrons. The Morgan fingerprint density at radius 1 is 0.955 bits per heavy atom. The molecule has 1 rings (SSSR count). The third kappa shape index (κ3) is 7.53. The molecule has 0 spiro atoms. The second-order valence-corrected chi connectivity index (χ2v) is 5.94. The zero-order chi connectivity index (χ0) is 16.2. The van der Waals surface area contributed by atoms with E-state index in [0.29, 0.717) is 0 Å². The maximum absolute atomic E-state index is 13.2. The zero-order valence-electron chi connectivity index (χ0n) is 13.6. The fourth-order valence-electron chi connectivity index (χ4n) is 2.60. The highest BCUT2D eigenvalue weighted by molar-refractivity contribution is 5.23. The number of nitrogens with zero attached hydrogens (tertiary/aromatic N) is 1. The maximum atomic E-state index is 13.2. The Morgan fingerprint density at radius 2 is 1.45 bits per heavy atom. The molecule has 22 heavy (non-hydrogen) atoms. The summed E-state index contributed by atoms with van der Waals surface area (Å²) in [5, 5.41) is 10.4. The van der Waals surface area contributed by atoms with Crippen molar-refractivity contribution in [1.82, 2.24) is 0 Å². The van der Waals surface area contributed by atoms with E-state index in [1.54, 1.807) is 12.1 Å². The van der Waals surface area contributed by atoms with Crippen molar-refractivity contribution in [2.45, 2.75) is 77.4 Å². The Kier molecular flexibility index (Phi) is 9.44. The molecule has 0 heterocycles. The van der Waals surface area contributed by atoms with E-state index in [9.17, 15) is 14.5 Å². The summed E-state index contributed by atoms with van der Waals surface area (Å²) in [6.45, 7) is 2.23. The van der Waals surface area contributed by atoms with Gasteiger partial charge >= 0.3 is 6.30 Å². The zero-order valence-corrected chi connectivity index (χ0v) is 13.6. The van der Waals surface area contributed by atoms with Gasteiger partial charge in [-0.2, -0.15) is 4.39 Å². The van der Waals surface area contributed by atoms with E-state index in [1.807, 2.05) is 0 Å². The molecule has 0 aliphatic rings. The topological polar surface area (TPSA) is 43.1 Å². The van der Waals surface area contributed by atoms with Crippen LogP contribution in [-0.4, -0.2) is 4.92 Å². The molecule has 1 unspecified atom stereocenters. The van der Waals surface area contributed by atoms with Gasteiger partial charge in [0, 0.05) is 0 Å². The average molecular weight is 309 g/mol. The smallest absolute Gasteiger partial charge is 0.261 e. The van der Waals surface area contributed by atoms with Gasteiger partial charge in [-0.05, 0) is 30.5 Å². The predicted octanol–water partition coefficient (Wildman–Crippen LogP) is 6.00. The molecule has 0 fully saturated rings. The molecule has 3 nitrogen and oxygen atoms in total. The number of aryl methyl sites for hydroxylation is 1.